The molecule has 5 nitrogen and oxygen atoms in total. The van der Waals surface area contributed by atoms with E-state index in [4.69, 9.17) is 4.74 Å². The lowest BCUT2D eigenvalue weighted by atomic mass is 10.2. The van der Waals surface area contributed by atoms with Gasteiger partial charge in [0.1, 0.15) is 0 Å². The van der Waals surface area contributed by atoms with Gasteiger partial charge in [0.2, 0.25) is 5.91 Å². The molecule has 0 aliphatic rings. The molecule has 2 aromatic rings. The van der Waals surface area contributed by atoms with Gasteiger partial charge in [0, 0.05) is 17.0 Å². The number of thiazole rings is 1. The highest BCUT2D eigenvalue weighted by atomic mass is 32.1. The van der Waals surface area contributed by atoms with Gasteiger partial charge in [0.15, 0.2) is 0 Å². The highest BCUT2D eigenvalue weighted by molar-refractivity contribution is 7.11. The second-order valence-corrected chi connectivity index (χ2v) is 6.38. The van der Waals surface area contributed by atoms with Crippen molar-refractivity contribution in [3.8, 4) is 0 Å². The van der Waals surface area contributed by atoms with Crippen molar-refractivity contribution < 1.29 is 14.3 Å². The number of carbonyl (C=O) groups is 2. The van der Waals surface area contributed by atoms with Crippen LogP contribution in [0.1, 0.15) is 39.3 Å². The third-order valence-electron chi connectivity index (χ3n) is 3.26. The van der Waals surface area contributed by atoms with Crippen molar-refractivity contribution in [2.45, 2.75) is 33.6 Å². The van der Waals surface area contributed by atoms with Crippen LogP contribution in [0.3, 0.4) is 0 Å². The predicted molar refractivity (Wildman–Crippen MR) is 90.9 cm³/mol. The standard InChI is InChI=1S/C17H20N2O3S/c1-4-22-17(21)13-5-7-14(8-6-13)19-16(20)10-9-15-11(2)18-12(3)23-15/h5-8H,4,9-10H2,1-3H3,(H,19,20). The maximum absolute atomic E-state index is 12.0. The number of amides is 1. The zero-order valence-corrected chi connectivity index (χ0v) is 14.3. The Morgan fingerprint density at radius 1 is 1.22 bits per heavy atom. The summed E-state index contributed by atoms with van der Waals surface area (Å²) in [5.74, 6) is -0.416. The maximum atomic E-state index is 12.0. The highest BCUT2D eigenvalue weighted by Crippen LogP contribution is 2.19. The van der Waals surface area contributed by atoms with Crippen molar-refractivity contribution in [1.29, 1.82) is 0 Å². The number of nitrogens with one attached hydrogen (secondary N) is 1. The minimum absolute atomic E-state index is 0.0562. The normalized spacial score (nSPS) is 10.4. The Bertz CT molecular complexity index is 692. The maximum Gasteiger partial charge on any atom is 0.338 e. The second-order valence-electron chi connectivity index (χ2n) is 5.09. The molecule has 0 aliphatic heterocycles. The van der Waals surface area contributed by atoms with Gasteiger partial charge in [0.05, 0.1) is 22.9 Å². The van der Waals surface area contributed by atoms with Gasteiger partial charge in [-0.1, -0.05) is 0 Å². The molecule has 0 fully saturated rings. The molecule has 1 N–H and O–H groups in total. The average molecular weight is 332 g/mol. The van der Waals surface area contributed by atoms with Crippen molar-refractivity contribution in [2.75, 3.05) is 11.9 Å². The van der Waals surface area contributed by atoms with Gasteiger partial charge in [-0.25, -0.2) is 9.78 Å². The van der Waals surface area contributed by atoms with Gasteiger partial charge < -0.3 is 10.1 Å². The summed E-state index contributed by atoms with van der Waals surface area (Å²) >= 11 is 1.63. The number of hydrogen-bond donors (Lipinski definition) is 1. The lowest BCUT2D eigenvalue weighted by Gasteiger charge is -2.06. The lowest BCUT2D eigenvalue weighted by Crippen LogP contribution is -2.12. The number of esters is 1. The molecule has 1 amide bonds. The Hall–Kier alpha value is -2.21. The molecular formula is C17H20N2O3S. The monoisotopic (exact) mass is 332 g/mol. The summed E-state index contributed by atoms with van der Waals surface area (Å²) in [5.41, 5.74) is 2.14. The fraction of sp³-hybridized carbons (Fsp3) is 0.353. The largest absolute Gasteiger partial charge is 0.462 e. The summed E-state index contributed by atoms with van der Waals surface area (Å²) < 4.78 is 4.92. The number of anilines is 1. The van der Waals surface area contributed by atoms with Crippen LogP contribution in [0.15, 0.2) is 24.3 Å². The van der Waals surface area contributed by atoms with Crippen molar-refractivity contribution in [3.05, 3.63) is 45.4 Å². The number of aryl methyl sites for hydroxylation is 3. The Labute approximate surface area is 139 Å². The minimum atomic E-state index is -0.360. The average Bonchev–Trinajstić information content (AvgIpc) is 2.84. The fourth-order valence-corrected chi connectivity index (χ4v) is 3.10. The Kier molecular flexibility index (Phi) is 5.87. The van der Waals surface area contributed by atoms with Crippen LogP contribution in [0, 0.1) is 13.8 Å². The first-order chi connectivity index (χ1) is 11.0. The number of benzene rings is 1. The molecule has 0 saturated heterocycles. The molecule has 0 saturated carbocycles. The molecule has 0 spiro atoms. The van der Waals surface area contributed by atoms with Crippen LogP contribution in [-0.2, 0) is 16.0 Å². The first-order valence-corrected chi connectivity index (χ1v) is 8.31. The number of aromatic nitrogens is 1. The van der Waals surface area contributed by atoms with Crippen LogP contribution in [0.2, 0.25) is 0 Å². The molecule has 0 atom stereocenters. The van der Waals surface area contributed by atoms with Crippen molar-refractivity contribution in [2.24, 2.45) is 0 Å². The van der Waals surface area contributed by atoms with Crippen LogP contribution in [0.5, 0.6) is 0 Å². The summed E-state index contributed by atoms with van der Waals surface area (Å²) in [4.78, 5) is 29.1. The van der Waals surface area contributed by atoms with E-state index in [2.05, 4.69) is 10.3 Å². The summed E-state index contributed by atoms with van der Waals surface area (Å²) in [5, 5.41) is 3.85. The van der Waals surface area contributed by atoms with Crippen molar-refractivity contribution >= 4 is 28.9 Å². The van der Waals surface area contributed by atoms with E-state index in [0.717, 1.165) is 15.6 Å². The zero-order valence-electron chi connectivity index (χ0n) is 13.5. The SMILES string of the molecule is CCOC(=O)c1ccc(NC(=O)CCc2sc(C)nc2C)cc1. The van der Waals surface area contributed by atoms with E-state index in [9.17, 15) is 9.59 Å². The van der Waals surface area contributed by atoms with E-state index in [1.165, 1.54) is 0 Å². The summed E-state index contributed by atoms with van der Waals surface area (Å²) in [6, 6.07) is 6.69. The summed E-state index contributed by atoms with van der Waals surface area (Å²) in [7, 11) is 0. The summed E-state index contributed by atoms with van der Waals surface area (Å²) in [6.45, 7) is 6.03. The van der Waals surface area contributed by atoms with Crippen molar-refractivity contribution in [3.63, 3.8) is 0 Å². The first kappa shape index (κ1) is 17.1. The van der Waals surface area contributed by atoms with Gasteiger partial charge >= 0.3 is 5.97 Å². The van der Waals surface area contributed by atoms with Crippen LogP contribution >= 0.6 is 11.3 Å². The number of rotatable bonds is 6. The van der Waals surface area contributed by atoms with Gasteiger partial charge in [-0.3, -0.25) is 4.79 Å². The highest BCUT2D eigenvalue weighted by Gasteiger charge is 2.09. The molecule has 1 aromatic heterocycles. The third-order valence-corrected chi connectivity index (χ3v) is 4.39. The molecular weight excluding hydrogens is 312 g/mol. The van der Waals surface area contributed by atoms with E-state index in [1.807, 2.05) is 13.8 Å². The van der Waals surface area contributed by atoms with E-state index < -0.39 is 0 Å². The third kappa shape index (κ3) is 4.89. The number of nitrogens with zero attached hydrogens (tertiary/aromatic N) is 1. The van der Waals surface area contributed by atoms with Crippen molar-refractivity contribution in [1.82, 2.24) is 4.98 Å². The number of hydrogen-bond acceptors (Lipinski definition) is 5. The fourth-order valence-electron chi connectivity index (χ4n) is 2.16. The number of carbonyl (C=O) groups excluding carboxylic acids is 2. The molecule has 122 valence electrons. The smallest absolute Gasteiger partial charge is 0.338 e. The minimum Gasteiger partial charge on any atom is -0.462 e. The molecule has 1 heterocycles. The van der Waals surface area contributed by atoms with E-state index in [-0.39, 0.29) is 11.9 Å². The quantitative estimate of drug-likeness (QED) is 0.822. The van der Waals surface area contributed by atoms with E-state index in [1.54, 1.807) is 42.5 Å². The summed E-state index contributed by atoms with van der Waals surface area (Å²) in [6.07, 6.45) is 1.09. The van der Waals surface area contributed by atoms with Gasteiger partial charge in [-0.2, -0.15) is 0 Å². The van der Waals surface area contributed by atoms with Crippen LogP contribution in [0.25, 0.3) is 0 Å². The predicted octanol–water partition coefficient (Wildman–Crippen LogP) is 3.51. The Morgan fingerprint density at radius 2 is 1.91 bits per heavy atom. The molecule has 2 rings (SSSR count). The molecule has 0 unspecified atom stereocenters. The first-order valence-electron chi connectivity index (χ1n) is 7.49. The van der Waals surface area contributed by atoms with E-state index >= 15 is 0 Å². The Morgan fingerprint density at radius 3 is 2.48 bits per heavy atom. The second kappa shape index (κ2) is 7.87. The molecule has 0 aliphatic carbocycles. The van der Waals surface area contributed by atoms with Gasteiger partial charge in [0.25, 0.3) is 0 Å². The van der Waals surface area contributed by atoms with Crippen LogP contribution in [0.4, 0.5) is 5.69 Å². The van der Waals surface area contributed by atoms with Crippen LogP contribution in [-0.4, -0.2) is 23.5 Å². The van der Waals surface area contributed by atoms with Crippen LogP contribution < -0.4 is 5.32 Å². The topological polar surface area (TPSA) is 68.3 Å². The Balaban J connectivity index is 1.87. The van der Waals surface area contributed by atoms with Gasteiger partial charge in [-0.05, 0) is 51.5 Å². The van der Waals surface area contributed by atoms with Gasteiger partial charge in [-0.15, -0.1) is 11.3 Å². The molecule has 0 radical (unpaired) electrons. The zero-order chi connectivity index (χ0) is 16.8. The lowest BCUT2D eigenvalue weighted by molar-refractivity contribution is -0.116. The molecule has 1 aromatic carbocycles. The molecule has 6 heteroatoms. The number of ether oxygens (including phenoxy) is 1. The molecule has 0 bridgehead atoms. The van der Waals surface area contributed by atoms with E-state index in [0.29, 0.717) is 30.7 Å². The molecule has 23 heavy (non-hydrogen) atoms.